The fourth-order valence-corrected chi connectivity index (χ4v) is 4.73. The number of anilines is 2. The molecular weight excluding hydrogens is 432 g/mol. The fourth-order valence-electron chi connectivity index (χ4n) is 4.20. The van der Waals surface area contributed by atoms with Crippen LogP contribution in [0.5, 0.6) is 0 Å². The van der Waals surface area contributed by atoms with Crippen molar-refractivity contribution in [3.63, 3.8) is 0 Å². The van der Waals surface area contributed by atoms with Crippen LogP contribution >= 0.6 is 23.4 Å². The molecule has 3 unspecified atom stereocenters. The molecule has 0 aliphatic carbocycles. The van der Waals surface area contributed by atoms with Crippen molar-refractivity contribution in [3.05, 3.63) is 89.4 Å². The number of rotatable bonds is 4. The molecule has 3 aromatic rings. The Morgan fingerprint density at radius 1 is 0.839 bits per heavy atom. The molecule has 2 fully saturated rings. The molecule has 0 radical (unpaired) electrons. The van der Waals surface area contributed by atoms with Gasteiger partial charge in [-0.1, -0.05) is 41.9 Å². The van der Waals surface area contributed by atoms with E-state index in [2.05, 4.69) is 0 Å². The number of hydrogen-bond acceptors (Lipinski definition) is 5. The van der Waals surface area contributed by atoms with Gasteiger partial charge in [0, 0.05) is 9.92 Å². The van der Waals surface area contributed by atoms with Crippen LogP contribution in [0.25, 0.3) is 0 Å². The number of imide groups is 1. The second kappa shape index (κ2) is 8.04. The molecule has 2 aliphatic rings. The molecule has 31 heavy (non-hydrogen) atoms. The average molecular weight is 451 g/mol. The van der Waals surface area contributed by atoms with E-state index in [-0.39, 0.29) is 11.8 Å². The van der Waals surface area contributed by atoms with Gasteiger partial charge in [-0.3, -0.25) is 14.4 Å². The third-order valence-corrected chi connectivity index (χ3v) is 6.66. The van der Waals surface area contributed by atoms with E-state index in [1.807, 2.05) is 60.9 Å². The molecule has 156 valence electrons. The molecule has 3 aromatic carbocycles. The number of nitrogens with zero attached hydrogens (tertiary/aromatic N) is 2. The highest BCUT2D eigenvalue weighted by Crippen LogP contribution is 2.47. The highest BCUT2D eigenvalue weighted by atomic mass is 35.5. The Morgan fingerprint density at radius 2 is 1.52 bits per heavy atom. The van der Waals surface area contributed by atoms with E-state index in [4.69, 9.17) is 16.4 Å². The van der Waals surface area contributed by atoms with Gasteiger partial charge in [-0.05, 0) is 60.4 Å². The number of thioether (sulfide) groups is 1. The SMILES string of the molecule is CSc1ccc(C2C3C(=O)N(c4ccc(Cl)cc4)C(=O)C3ON2c2ccccc2)cc1. The second-order valence-electron chi connectivity index (χ2n) is 7.42. The van der Waals surface area contributed by atoms with Crippen LogP contribution in [0.4, 0.5) is 11.4 Å². The van der Waals surface area contributed by atoms with Crippen molar-refractivity contribution in [3.8, 4) is 0 Å². The highest BCUT2D eigenvalue weighted by molar-refractivity contribution is 7.98. The molecular formula is C24H19ClN2O3S. The molecule has 2 heterocycles. The first kappa shape index (κ1) is 20.1. The largest absolute Gasteiger partial charge is 0.273 e. The van der Waals surface area contributed by atoms with Gasteiger partial charge in [0.2, 0.25) is 5.91 Å². The van der Waals surface area contributed by atoms with Crippen molar-refractivity contribution in [2.45, 2.75) is 17.0 Å². The summed E-state index contributed by atoms with van der Waals surface area (Å²) in [5, 5.41) is 2.25. The standard InChI is InChI=1S/C24H19ClN2O3S/c1-31-19-13-7-15(8-14-19)21-20-22(30-27(21)18-5-3-2-4-6-18)24(29)26(23(20)28)17-11-9-16(25)10-12-17/h2-14,20-22H,1H3. The quantitative estimate of drug-likeness (QED) is 0.408. The number of carbonyl (C=O) groups is 2. The first-order valence-corrected chi connectivity index (χ1v) is 11.5. The van der Waals surface area contributed by atoms with Crippen LogP contribution in [0.15, 0.2) is 83.8 Å². The maximum atomic E-state index is 13.5. The summed E-state index contributed by atoms with van der Waals surface area (Å²) >= 11 is 7.63. The van der Waals surface area contributed by atoms with Crippen molar-refractivity contribution in [1.82, 2.24) is 0 Å². The van der Waals surface area contributed by atoms with E-state index in [9.17, 15) is 9.59 Å². The van der Waals surface area contributed by atoms with Crippen LogP contribution in [0, 0.1) is 5.92 Å². The number of benzene rings is 3. The van der Waals surface area contributed by atoms with Crippen molar-refractivity contribution >= 4 is 46.6 Å². The summed E-state index contributed by atoms with van der Waals surface area (Å²) in [4.78, 5) is 35.3. The molecule has 0 bridgehead atoms. The second-order valence-corrected chi connectivity index (χ2v) is 8.74. The van der Waals surface area contributed by atoms with Crippen molar-refractivity contribution < 1.29 is 14.4 Å². The van der Waals surface area contributed by atoms with Crippen LogP contribution in [-0.4, -0.2) is 24.2 Å². The Labute approximate surface area is 189 Å². The smallest absolute Gasteiger partial charge is 0.266 e. The first-order chi connectivity index (χ1) is 15.1. The summed E-state index contributed by atoms with van der Waals surface area (Å²) in [5.41, 5.74) is 2.22. The summed E-state index contributed by atoms with van der Waals surface area (Å²) in [6, 6.07) is 23.9. The molecule has 0 aromatic heterocycles. The lowest BCUT2D eigenvalue weighted by atomic mass is 9.90. The Bertz CT molecular complexity index is 1120. The fraction of sp³-hybridized carbons (Fsp3) is 0.167. The zero-order valence-corrected chi connectivity index (χ0v) is 18.2. The van der Waals surface area contributed by atoms with Crippen molar-refractivity contribution in [2.24, 2.45) is 5.92 Å². The van der Waals surface area contributed by atoms with Gasteiger partial charge >= 0.3 is 0 Å². The number of hydrogen-bond donors (Lipinski definition) is 0. The average Bonchev–Trinajstić information content (AvgIpc) is 3.31. The maximum absolute atomic E-state index is 13.5. The van der Waals surface area contributed by atoms with Crippen LogP contribution in [-0.2, 0) is 14.4 Å². The van der Waals surface area contributed by atoms with E-state index in [0.29, 0.717) is 10.7 Å². The Balaban J connectivity index is 1.57. The molecule has 0 spiro atoms. The van der Waals surface area contributed by atoms with Gasteiger partial charge in [0.1, 0.15) is 5.92 Å². The summed E-state index contributed by atoms with van der Waals surface area (Å²) in [5.74, 6) is -1.28. The van der Waals surface area contributed by atoms with E-state index >= 15 is 0 Å². The van der Waals surface area contributed by atoms with Crippen molar-refractivity contribution in [2.75, 3.05) is 16.2 Å². The lowest BCUT2D eigenvalue weighted by Crippen LogP contribution is -2.37. The molecule has 0 N–H and O–H groups in total. The van der Waals surface area contributed by atoms with Crippen LogP contribution in [0.3, 0.4) is 0 Å². The zero-order chi connectivity index (χ0) is 21.5. The normalized spacial score (nSPS) is 22.8. The Hall–Kier alpha value is -2.80. The Kier molecular flexibility index (Phi) is 5.22. The third kappa shape index (κ3) is 3.41. The van der Waals surface area contributed by atoms with Gasteiger partial charge in [0.25, 0.3) is 5.91 Å². The monoisotopic (exact) mass is 450 g/mol. The van der Waals surface area contributed by atoms with E-state index in [0.717, 1.165) is 16.1 Å². The van der Waals surface area contributed by atoms with Crippen LogP contribution in [0.1, 0.15) is 11.6 Å². The van der Waals surface area contributed by atoms with Gasteiger partial charge in [-0.25, -0.2) is 9.96 Å². The van der Waals surface area contributed by atoms with Crippen LogP contribution < -0.4 is 9.96 Å². The molecule has 2 aliphatic heterocycles. The van der Waals surface area contributed by atoms with Crippen LogP contribution in [0.2, 0.25) is 5.02 Å². The molecule has 2 amide bonds. The molecule has 2 saturated heterocycles. The van der Waals surface area contributed by atoms with E-state index < -0.39 is 18.1 Å². The number of carbonyl (C=O) groups excluding carboxylic acids is 2. The summed E-state index contributed by atoms with van der Waals surface area (Å²) in [7, 11) is 0. The number of amides is 2. The van der Waals surface area contributed by atoms with Gasteiger partial charge in [0.15, 0.2) is 6.10 Å². The van der Waals surface area contributed by atoms with E-state index in [1.165, 1.54) is 4.90 Å². The molecule has 3 atom stereocenters. The maximum Gasteiger partial charge on any atom is 0.266 e. The molecule has 5 nitrogen and oxygen atoms in total. The lowest BCUT2D eigenvalue weighted by Gasteiger charge is -2.28. The predicted octanol–water partition coefficient (Wildman–Crippen LogP) is 5.11. The van der Waals surface area contributed by atoms with E-state index in [1.54, 1.807) is 41.1 Å². The number of halogens is 1. The lowest BCUT2D eigenvalue weighted by molar-refractivity contribution is -0.126. The highest BCUT2D eigenvalue weighted by Gasteiger charge is 2.60. The van der Waals surface area contributed by atoms with Gasteiger partial charge in [0.05, 0.1) is 17.4 Å². The minimum Gasteiger partial charge on any atom is -0.273 e. The van der Waals surface area contributed by atoms with Crippen molar-refractivity contribution in [1.29, 1.82) is 0 Å². The number of fused-ring (bicyclic) bond motifs is 1. The molecule has 0 saturated carbocycles. The Morgan fingerprint density at radius 3 is 2.16 bits per heavy atom. The van der Waals surface area contributed by atoms with Gasteiger partial charge in [-0.15, -0.1) is 11.8 Å². The summed E-state index contributed by atoms with van der Waals surface area (Å²) in [6.45, 7) is 0. The molecule has 5 rings (SSSR count). The zero-order valence-electron chi connectivity index (χ0n) is 16.6. The van der Waals surface area contributed by atoms with Gasteiger partial charge < -0.3 is 0 Å². The predicted molar refractivity (Wildman–Crippen MR) is 122 cm³/mol. The minimum absolute atomic E-state index is 0.269. The summed E-state index contributed by atoms with van der Waals surface area (Å²) in [6.07, 6.45) is 1.14. The number of para-hydroxylation sites is 1. The third-order valence-electron chi connectivity index (χ3n) is 5.67. The molecule has 7 heteroatoms. The topological polar surface area (TPSA) is 49.9 Å². The minimum atomic E-state index is -0.881. The number of hydroxylamine groups is 1. The first-order valence-electron chi connectivity index (χ1n) is 9.87. The van der Waals surface area contributed by atoms with Gasteiger partial charge in [-0.2, -0.15) is 0 Å². The summed E-state index contributed by atoms with van der Waals surface area (Å²) < 4.78 is 0.